The molecular weight excluding hydrogens is 212 g/mol. The van der Waals surface area contributed by atoms with Gasteiger partial charge in [0.2, 0.25) is 0 Å². The second-order valence-electron chi connectivity index (χ2n) is 6.43. The normalized spacial score (nSPS) is 29.5. The average molecular weight is 238 g/mol. The van der Waals surface area contributed by atoms with Crippen LogP contribution in [0.1, 0.15) is 38.5 Å². The molecular formula is C14H26N2O. The fourth-order valence-corrected chi connectivity index (χ4v) is 3.40. The lowest BCUT2D eigenvalue weighted by Crippen LogP contribution is -2.39. The third-order valence-corrected chi connectivity index (χ3v) is 4.86. The van der Waals surface area contributed by atoms with Crippen molar-refractivity contribution in [1.82, 2.24) is 10.2 Å². The van der Waals surface area contributed by atoms with E-state index in [0.717, 1.165) is 25.6 Å². The second-order valence-corrected chi connectivity index (χ2v) is 6.43. The zero-order valence-electron chi connectivity index (χ0n) is 10.8. The first-order chi connectivity index (χ1) is 8.28. The molecule has 1 atom stereocenters. The van der Waals surface area contributed by atoms with Crippen molar-refractivity contribution in [3.63, 3.8) is 0 Å². The summed E-state index contributed by atoms with van der Waals surface area (Å²) < 4.78 is 0. The van der Waals surface area contributed by atoms with E-state index in [1.54, 1.807) is 0 Å². The SMILES string of the molecule is OC(CNCC1(C2CC2)CC1)CN1CCCC1. The van der Waals surface area contributed by atoms with Crippen LogP contribution in [0.2, 0.25) is 0 Å². The van der Waals surface area contributed by atoms with Crippen LogP contribution in [0.5, 0.6) is 0 Å². The van der Waals surface area contributed by atoms with Crippen molar-refractivity contribution in [3.05, 3.63) is 0 Å². The van der Waals surface area contributed by atoms with Gasteiger partial charge in [-0.1, -0.05) is 0 Å². The molecule has 1 saturated heterocycles. The molecule has 1 aliphatic heterocycles. The van der Waals surface area contributed by atoms with Crippen LogP contribution in [0.3, 0.4) is 0 Å². The lowest BCUT2D eigenvalue weighted by atomic mass is 10.0. The van der Waals surface area contributed by atoms with Crippen LogP contribution in [0, 0.1) is 11.3 Å². The van der Waals surface area contributed by atoms with Gasteiger partial charge in [0.1, 0.15) is 0 Å². The summed E-state index contributed by atoms with van der Waals surface area (Å²) in [4.78, 5) is 2.39. The van der Waals surface area contributed by atoms with Gasteiger partial charge in [-0.05, 0) is 62.9 Å². The van der Waals surface area contributed by atoms with Gasteiger partial charge in [0, 0.05) is 19.6 Å². The first kappa shape index (κ1) is 11.9. The summed E-state index contributed by atoms with van der Waals surface area (Å²) in [5.41, 5.74) is 0.660. The Hall–Kier alpha value is -0.120. The van der Waals surface area contributed by atoms with E-state index in [0.29, 0.717) is 5.41 Å². The summed E-state index contributed by atoms with van der Waals surface area (Å²) in [7, 11) is 0. The van der Waals surface area contributed by atoms with Crippen molar-refractivity contribution in [2.45, 2.75) is 44.6 Å². The number of rotatable bonds is 7. The molecule has 3 aliphatic rings. The maximum atomic E-state index is 9.98. The van der Waals surface area contributed by atoms with Crippen LogP contribution in [-0.2, 0) is 0 Å². The minimum absolute atomic E-state index is 0.178. The number of hydrogen-bond acceptors (Lipinski definition) is 3. The highest BCUT2D eigenvalue weighted by Gasteiger charge is 2.53. The Bertz CT molecular complexity index is 255. The van der Waals surface area contributed by atoms with Crippen molar-refractivity contribution in [1.29, 1.82) is 0 Å². The largest absolute Gasteiger partial charge is 0.390 e. The summed E-state index contributed by atoms with van der Waals surface area (Å²) >= 11 is 0. The first-order valence-corrected chi connectivity index (χ1v) is 7.40. The van der Waals surface area contributed by atoms with Crippen LogP contribution < -0.4 is 5.32 Å². The zero-order chi connectivity index (χ0) is 11.7. The van der Waals surface area contributed by atoms with Gasteiger partial charge in [0.25, 0.3) is 0 Å². The summed E-state index contributed by atoms with van der Waals surface area (Å²) in [5, 5.41) is 13.5. The van der Waals surface area contributed by atoms with Crippen LogP contribution >= 0.6 is 0 Å². The van der Waals surface area contributed by atoms with E-state index in [4.69, 9.17) is 0 Å². The maximum absolute atomic E-state index is 9.98. The molecule has 3 nitrogen and oxygen atoms in total. The Morgan fingerprint density at radius 2 is 1.94 bits per heavy atom. The highest BCUT2D eigenvalue weighted by Crippen LogP contribution is 2.60. The predicted octanol–water partition coefficient (Wildman–Crippen LogP) is 1.22. The van der Waals surface area contributed by atoms with Crippen molar-refractivity contribution in [2.75, 3.05) is 32.7 Å². The molecule has 2 aliphatic carbocycles. The molecule has 0 spiro atoms. The van der Waals surface area contributed by atoms with Crippen molar-refractivity contribution in [2.24, 2.45) is 11.3 Å². The molecule has 3 heteroatoms. The zero-order valence-corrected chi connectivity index (χ0v) is 10.8. The van der Waals surface area contributed by atoms with E-state index in [2.05, 4.69) is 10.2 Å². The van der Waals surface area contributed by atoms with Gasteiger partial charge in [0.15, 0.2) is 0 Å². The molecule has 0 amide bonds. The molecule has 2 saturated carbocycles. The lowest BCUT2D eigenvalue weighted by Gasteiger charge is -2.21. The Balaban J connectivity index is 1.31. The minimum atomic E-state index is -0.178. The number of likely N-dealkylation sites (tertiary alicyclic amines) is 1. The average Bonchev–Trinajstić information content (AvgIpc) is 3.19. The third kappa shape index (κ3) is 3.01. The van der Waals surface area contributed by atoms with E-state index in [9.17, 15) is 5.11 Å². The summed E-state index contributed by atoms with van der Waals surface area (Å²) in [6.45, 7) is 5.16. The van der Waals surface area contributed by atoms with Gasteiger partial charge >= 0.3 is 0 Å². The van der Waals surface area contributed by atoms with Gasteiger partial charge in [0.05, 0.1) is 6.10 Å². The molecule has 3 rings (SSSR count). The number of nitrogens with one attached hydrogen (secondary N) is 1. The fourth-order valence-electron chi connectivity index (χ4n) is 3.40. The summed E-state index contributed by atoms with van der Waals surface area (Å²) in [6, 6.07) is 0. The number of hydrogen-bond donors (Lipinski definition) is 2. The van der Waals surface area contributed by atoms with E-state index < -0.39 is 0 Å². The smallest absolute Gasteiger partial charge is 0.0791 e. The van der Waals surface area contributed by atoms with Gasteiger partial charge < -0.3 is 15.3 Å². The third-order valence-electron chi connectivity index (χ3n) is 4.86. The summed E-state index contributed by atoms with van der Waals surface area (Å²) in [5.74, 6) is 1.02. The van der Waals surface area contributed by atoms with E-state index in [-0.39, 0.29) is 6.10 Å². The molecule has 17 heavy (non-hydrogen) atoms. The highest BCUT2D eigenvalue weighted by molar-refractivity contribution is 5.05. The lowest BCUT2D eigenvalue weighted by molar-refractivity contribution is 0.121. The molecule has 0 aromatic rings. The molecule has 98 valence electrons. The first-order valence-electron chi connectivity index (χ1n) is 7.40. The predicted molar refractivity (Wildman–Crippen MR) is 68.9 cm³/mol. The van der Waals surface area contributed by atoms with E-state index >= 15 is 0 Å². The molecule has 1 unspecified atom stereocenters. The topological polar surface area (TPSA) is 35.5 Å². The molecule has 1 heterocycles. The van der Waals surface area contributed by atoms with Crippen molar-refractivity contribution < 1.29 is 5.11 Å². The van der Waals surface area contributed by atoms with Crippen molar-refractivity contribution >= 4 is 0 Å². The second kappa shape index (κ2) is 4.87. The van der Waals surface area contributed by atoms with Crippen LogP contribution in [-0.4, -0.2) is 48.8 Å². The van der Waals surface area contributed by atoms with E-state index in [1.165, 1.54) is 51.6 Å². The number of nitrogens with zero attached hydrogens (tertiary/aromatic N) is 1. The van der Waals surface area contributed by atoms with Gasteiger partial charge in [-0.3, -0.25) is 0 Å². The molecule has 0 radical (unpaired) electrons. The molecule has 0 aromatic heterocycles. The number of aliphatic hydroxyl groups excluding tert-OH is 1. The van der Waals surface area contributed by atoms with Gasteiger partial charge in [-0.25, -0.2) is 0 Å². The standard InChI is InChI=1S/C14H26N2O/c17-13(10-16-7-1-2-8-16)9-15-11-14(5-6-14)12-3-4-12/h12-13,15,17H,1-11H2. The molecule has 0 aromatic carbocycles. The minimum Gasteiger partial charge on any atom is -0.390 e. The van der Waals surface area contributed by atoms with Crippen LogP contribution in [0.15, 0.2) is 0 Å². The molecule has 2 N–H and O–H groups in total. The van der Waals surface area contributed by atoms with E-state index in [1.807, 2.05) is 0 Å². The number of aliphatic hydroxyl groups is 1. The number of β-amino-alcohol motifs (C(OH)–C–C–N with tert-alkyl or cyclic N) is 1. The quantitative estimate of drug-likeness (QED) is 0.700. The Kier molecular flexibility index (Phi) is 3.42. The highest BCUT2D eigenvalue weighted by atomic mass is 16.3. The monoisotopic (exact) mass is 238 g/mol. The van der Waals surface area contributed by atoms with Gasteiger partial charge in [-0.2, -0.15) is 0 Å². The Morgan fingerprint density at radius 1 is 1.24 bits per heavy atom. The van der Waals surface area contributed by atoms with Crippen LogP contribution in [0.4, 0.5) is 0 Å². The Labute approximate surface area is 105 Å². The van der Waals surface area contributed by atoms with Gasteiger partial charge in [-0.15, -0.1) is 0 Å². The maximum Gasteiger partial charge on any atom is 0.0791 e. The summed E-state index contributed by atoms with van der Waals surface area (Å²) in [6.07, 6.45) is 8.20. The van der Waals surface area contributed by atoms with Crippen molar-refractivity contribution in [3.8, 4) is 0 Å². The fraction of sp³-hybridized carbons (Fsp3) is 1.00. The van der Waals surface area contributed by atoms with Crippen LogP contribution in [0.25, 0.3) is 0 Å². The molecule has 3 fully saturated rings. The molecule has 0 bridgehead atoms. The Morgan fingerprint density at radius 3 is 2.53 bits per heavy atom.